The molecule has 0 atom stereocenters. The van der Waals surface area contributed by atoms with Gasteiger partial charge in [-0.15, -0.1) is 11.3 Å². The first-order valence-corrected chi connectivity index (χ1v) is 9.03. The van der Waals surface area contributed by atoms with Gasteiger partial charge in [0.2, 0.25) is 0 Å². The van der Waals surface area contributed by atoms with Crippen LogP contribution in [0.15, 0.2) is 70.0 Å². The van der Waals surface area contributed by atoms with Gasteiger partial charge >= 0.3 is 5.97 Å². The number of rotatable bonds is 5. The van der Waals surface area contributed by atoms with Crippen LogP contribution in [0, 0.1) is 0 Å². The summed E-state index contributed by atoms with van der Waals surface area (Å²) in [6, 6.07) is 14.5. The highest BCUT2D eigenvalue weighted by Gasteiger charge is 2.12. The third kappa shape index (κ3) is 4.26. The molecule has 0 saturated carbocycles. The van der Waals surface area contributed by atoms with Crippen molar-refractivity contribution in [2.45, 2.75) is 9.92 Å². The topological polar surface area (TPSA) is 68.3 Å². The molecule has 0 radical (unpaired) electrons. The lowest BCUT2D eigenvalue weighted by Crippen LogP contribution is -2.10. The Bertz CT molecular complexity index is 878. The normalized spacial score (nSPS) is 10.3. The number of thiophene rings is 1. The summed E-state index contributed by atoms with van der Waals surface area (Å²) >= 11 is 2.80. The summed E-state index contributed by atoms with van der Waals surface area (Å²) in [6.07, 6.45) is 1.47. The van der Waals surface area contributed by atoms with E-state index in [1.54, 1.807) is 18.2 Å². The Balaban J connectivity index is 1.77. The zero-order valence-electron chi connectivity index (χ0n) is 13.3. The van der Waals surface area contributed by atoms with Crippen molar-refractivity contribution in [3.05, 3.63) is 70.5 Å². The maximum Gasteiger partial charge on any atom is 0.339 e. The molecule has 2 heterocycles. The van der Waals surface area contributed by atoms with Crippen LogP contribution in [-0.4, -0.2) is 24.0 Å². The molecule has 0 fully saturated rings. The van der Waals surface area contributed by atoms with Crippen molar-refractivity contribution >= 4 is 40.7 Å². The number of hydrogen-bond donors (Lipinski definition) is 1. The molecule has 5 nitrogen and oxygen atoms in total. The van der Waals surface area contributed by atoms with Crippen molar-refractivity contribution in [1.82, 2.24) is 4.98 Å². The SMILES string of the molecule is COC(=O)c1ccc(Sc2ccccc2NC(=O)c2cccs2)nc1. The number of anilines is 1. The van der Waals surface area contributed by atoms with Crippen LogP contribution in [0.4, 0.5) is 5.69 Å². The summed E-state index contributed by atoms with van der Waals surface area (Å²) < 4.78 is 4.66. The second-order valence-electron chi connectivity index (χ2n) is 4.91. The van der Waals surface area contributed by atoms with E-state index in [1.807, 2.05) is 35.7 Å². The predicted molar refractivity (Wildman–Crippen MR) is 98.4 cm³/mol. The third-order valence-electron chi connectivity index (χ3n) is 3.25. The first-order valence-electron chi connectivity index (χ1n) is 7.33. The minimum atomic E-state index is -0.423. The molecule has 0 aliphatic carbocycles. The number of aromatic nitrogens is 1. The van der Waals surface area contributed by atoms with E-state index in [0.29, 0.717) is 21.2 Å². The summed E-state index contributed by atoms with van der Waals surface area (Å²) in [7, 11) is 1.33. The number of benzene rings is 1. The highest BCUT2D eigenvalue weighted by Crippen LogP contribution is 2.32. The lowest BCUT2D eigenvalue weighted by atomic mass is 10.3. The molecular weight excluding hydrogens is 356 g/mol. The van der Waals surface area contributed by atoms with Crippen molar-refractivity contribution < 1.29 is 14.3 Å². The van der Waals surface area contributed by atoms with Crippen LogP contribution in [-0.2, 0) is 4.74 Å². The van der Waals surface area contributed by atoms with Crippen molar-refractivity contribution in [3.8, 4) is 0 Å². The number of hydrogen-bond acceptors (Lipinski definition) is 6. The molecule has 0 aliphatic rings. The first-order chi connectivity index (χ1) is 12.2. The van der Waals surface area contributed by atoms with Gasteiger partial charge in [-0.05, 0) is 35.7 Å². The van der Waals surface area contributed by atoms with Gasteiger partial charge in [-0.3, -0.25) is 4.79 Å². The van der Waals surface area contributed by atoms with Gasteiger partial charge in [0, 0.05) is 11.1 Å². The van der Waals surface area contributed by atoms with E-state index in [4.69, 9.17) is 0 Å². The lowest BCUT2D eigenvalue weighted by molar-refractivity contribution is 0.0600. The molecular formula is C18H14N2O3S2. The number of ether oxygens (including phenoxy) is 1. The Morgan fingerprint density at radius 1 is 1.12 bits per heavy atom. The number of para-hydroxylation sites is 1. The number of amides is 1. The van der Waals surface area contributed by atoms with Crippen LogP contribution in [0.1, 0.15) is 20.0 Å². The Morgan fingerprint density at radius 2 is 1.96 bits per heavy atom. The van der Waals surface area contributed by atoms with Gasteiger partial charge in [0.05, 0.1) is 23.2 Å². The average molecular weight is 370 g/mol. The van der Waals surface area contributed by atoms with Crippen LogP contribution in [0.3, 0.4) is 0 Å². The highest BCUT2D eigenvalue weighted by molar-refractivity contribution is 7.99. The van der Waals surface area contributed by atoms with Gasteiger partial charge in [-0.25, -0.2) is 9.78 Å². The maximum atomic E-state index is 12.3. The smallest absolute Gasteiger partial charge is 0.339 e. The molecule has 0 saturated heterocycles. The van der Waals surface area contributed by atoms with Crippen molar-refractivity contribution in [3.63, 3.8) is 0 Å². The number of pyridine rings is 1. The fourth-order valence-electron chi connectivity index (χ4n) is 2.04. The van der Waals surface area contributed by atoms with Crippen LogP contribution in [0.2, 0.25) is 0 Å². The van der Waals surface area contributed by atoms with E-state index in [-0.39, 0.29) is 5.91 Å². The maximum absolute atomic E-state index is 12.3. The molecule has 0 bridgehead atoms. The molecule has 0 spiro atoms. The van der Waals surface area contributed by atoms with E-state index < -0.39 is 5.97 Å². The van der Waals surface area contributed by atoms with Crippen molar-refractivity contribution in [1.29, 1.82) is 0 Å². The van der Waals surface area contributed by atoms with Crippen LogP contribution in [0.25, 0.3) is 0 Å². The molecule has 1 N–H and O–H groups in total. The van der Waals surface area contributed by atoms with Crippen LogP contribution >= 0.6 is 23.1 Å². The van der Waals surface area contributed by atoms with E-state index >= 15 is 0 Å². The predicted octanol–water partition coefficient (Wildman–Crippen LogP) is 4.33. The summed E-state index contributed by atoms with van der Waals surface area (Å²) in [5.41, 5.74) is 1.11. The zero-order chi connectivity index (χ0) is 17.6. The summed E-state index contributed by atoms with van der Waals surface area (Å²) in [4.78, 5) is 29.5. The van der Waals surface area contributed by atoms with E-state index in [0.717, 1.165) is 4.90 Å². The molecule has 3 rings (SSSR count). The third-order valence-corrected chi connectivity index (χ3v) is 5.15. The molecule has 1 amide bonds. The fourth-order valence-corrected chi connectivity index (χ4v) is 3.50. The van der Waals surface area contributed by atoms with Crippen LogP contribution in [0.5, 0.6) is 0 Å². The zero-order valence-corrected chi connectivity index (χ0v) is 14.9. The minimum absolute atomic E-state index is 0.142. The van der Waals surface area contributed by atoms with Gasteiger partial charge < -0.3 is 10.1 Å². The lowest BCUT2D eigenvalue weighted by Gasteiger charge is -2.10. The monoisotopic (exact) mass is 370 g/mol. The van der Waals surface area contributed by atoms with E-state index in [2.05, 4.69) is 15.0 Å². The summed E-state index contributed by atoms with van der Waals surface area (Å²) in [5, 5.41) is 5.50. The van der Waals surface area contributed by atoms with Gasteiger partial charge in [-0.2, -0.15) is 0 Å². The quantitative estimate of drug-likeness (QED) is 0.677. The van der Waals surface area contributed by atoms with Crippen LogP contribution < -0.4 is 5.32 Å². The Kier molecular flexibility index (Phi) is 5.47. The number of nitrogens with one attached hydrogen (secondary N) is 1. The second kappa shape index (κ2) is 7.96. The Hall–Kier alpha value is -2.64. The number of esters is 1. The van der Waals surface area contributed by atoms with E-state index in [9.17, 15) is 9.59 Å². The minimum Gasteiger partial charge on any atom is -0.465 e. The number of methoxy groups -OCH3 is 1. The first kappa shape index (κ1) is 17.2. The Morgan fingerprint density at radius 3 is 2.64 bits per heavy atom. The van der Waals surface area contributed by atoms with Crippen molar-refractivity contribution in [2.24, 2.45) is 0 Å². The molecule has 0 aliphatic heterocycles. The summed E-state index contributed by atoms with van der Waals surface area (Å²) in [5.74, 6) is -0.565. The Labute approximate surface area is 153 Å². The van der Waals surface area contributed by atoms with Crippen molar-refractivity contribution in [2.75, 3.05) is 12.4 Å². The largest absolute Gasteiger partial charge is 0.465 e. The highest BCUT2D eigenvalue weighted by atomic mass is 32.2. The molecule has 2 aromatic heterocycles. The molecule has 7 heteroatoms. The number of carbonyl (C=O) groups excluding carboxylic acids is 2. The molecule has 3 aromatic rings. The average Bonchev–Trinajstić information content (AvgIpc) is 3.18. The summed E-state index contributed by atoms with van der Waals surface area (Å²) in [6.45, 7) is 0. The molecule has 25 heavy (non-hydrogen) atoms. The van der Waals surface area contributed by atoms with Gasteiger partial charge in [-0.1, -0.05) is 30.0 Å². The van der Waals surface area contributed by atoms with Gasteiger partial charge in [0.25, 0.3) is 5.91 Å². The van der Waals surface area contributed by atoms with Gasteiger partial charge in [0.1, 0.15) is 5.03 Å². The molecule has 126 valence electrons. The standard InChI is InChI=1S/C18H14N2O3S2/c1-23-18(22)12-8-9-16(19-11-12)25-14-6-3-2-5-13(14)20-17(21)15-7-4-10-24-15/h2-11H,1H3,(H,20,21). The number of carbonyl (C=O) groups is 2. The molecule has 1 aromatic carbocycles. The second-order valence-corrected chi connectivity index (χ2v) is 6.92. The van der Waals surface area contributed by atoms with Gasteiger partial charge in [0.15, 0.2) is 0 Å². The van der Waals surface area contributed by atoms with E-state index in [1.165, 1.54) is 36.4 Å². The fraction of sp³-hybridized carbons (Fsp3) is 0.0556. The molecule has 0 unspecified atom stereocenters. The number of nitrogens with zero attached hydrogens (tertiary/aromatic N) is 1.